The normalized spacial score (nSPS) is 24.0. The van der Waals surface area contributed by atoms with Gasteiger partial charge in [0, 0.05) is 18.7 Å². The van der Waals surface area contributed by atoms with E-state index in [0.29, 0.717) is 11.6 Å². The summed E-state index contributed by atoms with van der Waals surface area (Å²) in [6, 6.07) is 7.70. The molecule has 6 heteroatoms. The van der Waals surface area contributed by atoms with Crippen LogP contribution in [0.15, 0.2) is 24.3 Å². The molecule has 2 fully saturated rings. The van der Waals surface area contributed by atoms with E-state index in [0.717, 1.165) is 0 Å². The van der Waals surface area contributed by atoms with E-state index in [-0.39, 0.29) is 18.9 Å². The lowest BCUT2D eigenvalue weighted by Crippen LogP contribution is -2.26. The lowest BCUT2D eigenvalue weighted by molar-refractivity contribution is -0.117. The summed E-state index contributed by atoms with van der Waals surface area (Å²) >= 11 is 0. The number of carbonyl (C=O) groups is 1. The van der Waals surface area contributed by atoms with Crippen molar-refractivity contribution in [3.05, 3.63) is 29.8 Å². The molecule has 1 atom stereocenters. The zero-order valence-corrected chi connectivity index (χ0v) is 13.2. The Bertz CT molecular complexity index is 650. The number of carbonyl (C=O) groups excluding carboxylic acids is 1. The number of benzene rings is 1. The minimum absolute atomic E-state index is 0.0968. The Balaban J connectivity index is 1.74. The molecule has 1 aromatic rings. The number of anilines is 1. The maximum absolute atomic E-state index is 13.1. The quantitative estimate of drug-likeness (QED) is 0.802. The lowest BCUT2D eigenvalue weighted by atomic mass is 9.84. The average Bonchev–Trinajstić information content (AvgIpc) is 2.90. The fraction of sp³-hybridized carbons (Fsp3) is 0.562. The maximum atomic E-state index is 13.1. The average molecular weight is 325 g/mol. The Morgan fingerprint density at radius 2 is 1.68 bits per heavy atom. The summed E-state index contributed by atoms with van der Waals surface area (Å²) in [5.74, 6) is 0.243. The zero-order valence-electron chi connectivity index (χ0n) is 12.4. The molecular formula is C16H20FNO3S. The Morgan fingerprint density at radius 1 is 1.05 bits per heavy atom. The molecule has 1 amide bonds. The zero-order chi connectivity index (χ0) is 15.7. The van der Waals surface area contributed by atoms with Crippen LogP contribution in [0.4, 0.5) is 9.57 Å². The van der Waals surface area contributed by atoms with Crippen LogP contribution in [0.25, 0.3) is 0 Å². The van der Waals surface area contributed by atoms with Gasteiger partial charge in [-0.25, -0.2) is 0 Å². The van der Waals surface area contributed by atoms with E-state index in [1.807, 2.05) is 24.3 Å². The summed E-state index contributed by atoms with van der Waals surface area (Å²) in [7, 11) is -4.66. The predicted octanol–water partition coefficient (Wildman–Crippen LogP) is 3.14. The molecule has 2 aliphatic rings. The number of halogens is 1. The van der Waals surface area contributed by atoms with Gasteiger partial charge in [0.05, 0.1) is 0 Å². The van der Waals surface area contributed by atoms with E-state index in [9.17, 15) is 17.1 Å². The highest BCUT2D eigenvalue weighted by atomic mass is 32.3. The van der Waals surface area contributed by atoms with Gasteiger partial charge in [0.1, 0.15) is 5.25 Å². The van der Waals surface area contributed by atoms with Crippen molar-refractivity contribution in [1.29, 1.82) is 0 Å². The largest absolute Gasteiger partial charge is 0.311 e. The first-order chi connectivity index (χ1) is 10.4. The summed E-state index contributed by atoms with van der Waals surface area (Å²) in [6.07, 6.45) is 5.94. The van der Waals surface area contributed by atoms with Gasteiger partial charge in [-0.3, -0.25) is 4.79 Å². The van der Waals surface area contributed by atoms with Gasteiger partial charge in [-0.2, -0.15) is 8.42 Å². The molecule has 4 nitrogen and oxygen atoms in total. The molecule has 0 radical (unpaired) electrons. The van der Waals surface area contributed by atoms with Crippen molar-refractivity contribution < 1.29 is 17.1 Å². The molecule has 1 saturated heterocycles. The van der Waals surface area contributed by atoms with E-state index < -0.39 is 15.5 Å². The van der Waals surface area contributed by atoms with E-state index in [2.05, 4.69) is 0 Å². The molecule has 1 aliphatic carbocycles. The smallest absolute Gasteiger partial charge is 0.307 e. The summed E-state index contributed by atoms with van der Waals surface area (Å²) < 4.78 is 35.0. The van der Waals surface area contributed by atoms with E-state index in [1.54, 1.807) is 0 Å². The minimum atomic E-state index is -4.66. The third kappa shape index (κ3) is 3.16. The highest BCUT2D eigenvalue weighted by Gasteiger charge is 2.39. The SMILES string of the molecule is O=C1CC(S(=O)(=O)F)CN1c1ccc(C2CCCCC2)cc1. The molecule has 0 spiro atoms. The van der Waals surface area contributed by atoms with Gasteiger partial charge in [0.15, 0.2) is 0 Å². The molecule has 1 aromatic carbocycles. The molecule has 1 heterocycles. The molecule has 0 N–H and O–H groups in total. The van der Waals surface area contributed by atoms with Crippen molar-refractivity contribution in [2.24, 2.45) is 0 Å². The number of rotatable bonds is 3. The fourth-order valence-electron chi connectivity index (χ4n) is 3.48. The van der Waals surface area contributed by atoms with E-state index >= 15 is 0 Å². The Morgan fingerprint density at radius 3 is 2.23 bits per heavy atom. The van der Waals surface area contributed by atoms with Crippen LogP contribution in [-0.4, -0.2) is 26.1 Å². The van der Waals surface area contributed by atoms with Crippen LogP contribution < -0.4 is 4.90 Å². The van der Waals surface area contributed by atoms with E-state index in [1.165, 1.54) is 42.6 Å². The van der Waals surface area contributed by atoms with Crippen molar-refractivity contribution in [2.75, 3.05) is 11.4 Å². The van der Waals surface area contributed by atoms with Crippen LogP contribution in [0.2, 0.25) is 0 Å². The van der Waals surface area contributed by atoms with Gasteiger partial charge in [-0.05, 0) is 36.5 Å². The second-order valence-corrected chi connectivity index (χ2v) is 7.85. The molecule has 22 heavy (non-hydrogen) atoms. The first kappa shape index (κ1) is 15.5. The first-order valence-corrected chi connectivity index (χ1v) is 9.23. The van der Waals surface area contributed by atoms with Gasteiger partial charge >= 0.3 is 10.2 Å². The summed E-state index contributed by atoms with van der Waals surface area (Å²) in [4.78, 5) is 13.3. The van der Waals surface area contributed by atoms with Crippen LogP contribution >= 0.6 is 0 Å². The molecule has 120 valence electrons. The van der Waals surface area contributed by atoms with Crippen LogP contribution in [0, 0.1) is 0 Å². The van der Waals surface area contributed by atoms with Crippen molar-refractivity contribution in [1.82, 2.24) is 0 Å². The number of hydrogen-bond donors (Lipinski definition) is 0. The number of nitrogens with zero attached hydrogens (tertiary/aromatic N) is 1. The molecule has 3 rings (SSSR count). The van der Waals surface area contributed by atoms with Gasteiger partial charge in [0.25, 0.3) is 0 Å². The third-order valence-electron chi connectivity index (χ3n) is 4.77. The molecule has 0 aromatic heterocycles. The summed E-state index contributed by atoms with van der Waals surface area (Å²) in [5.41, 5.74) is 1.92. The van der Waals surface area contributed by atoms with E-state index in [4.69, 9.17) is 0 Å². The standard InChI is InChI=1S/C16H20FNO3S/c17-22(20,21)15-10-16(19)18(11-15)14-8-6-13(7-9-14)12-4-2-1-3-5-12/h6-9,12,15H,1-5,10-11H2. The molecule has 0 bridgehead atoms. The summed E-state index contributed by atoms with van der Waals surface area (Å²) in [6.45, 7) is -0.0968. The maximum Gasteiger partial charge on any atom is 0.307 e. The van der Waals surface area contributed by atoms with Crippen LogP contribution in [0.3, 0.4) is 0 Å². The summed E-state index contributed by atoms with van der Waals surface area (Å²) in [5, 5.41) is -1.24. The Kier molecular flexibility index (Phi) is 4.21. The van der Waals surface area contributed by atoms with Crippen LogP contribution in [0.1, 0.15) is 50.0 Å². The topological polar surface area (TPSA) is 54.5 Å². The van der Waals surface area contributed by atoms with Gasteiger partial charge in [-0.1, -0.05) is 31.4 Å². The van der Waals surface area contributed by atoms with Gasteiger partial charge in [-0.15, -0.1) is 3.89 Å². The highest BCUT2D eigenvalue weighted by molar-refractivity contribution is 7.87. The van der Waals surface area contributed by atoms with Crippen molar-refractivity contribution in [3.8, 4) is 0 Å². The molecule has 1 unspecified atom stereocenters. The number of hydrogen-bond acceptors (Lipinski definition) is 3. The van der Waals surface area contributed by atoms with Crippen molar-refractivity contribution >= 4 is 21.8 Å². The molecule has 1 saturated carbocycles. The molecular weight excluding hydrogens is 305 g/mol. The van der Waals surface area contributed by atoms with Gasteiger partial charge in [0.2, 0.25) is 5.91 Å². The van der Waals surface area contributed by atoms with Crippen molar-refractivity contribution in [3.63, 3.8) is 0 Å². The van der Waals surface area contributed by atoms with Crippen LogP contribution in [-0.2, 0) is 15.0 Å². The Labute approximate surface area is 130 Å². The van der Waals surface area contributed by atoms with Crippen LogP contribution in [0.5, 0.6) is 0 Å². The third-order valence-corrected chi connectivity index (χ3v) is 5.88. The first-order valence-electron chi connectivity index (χ1n) is 7.79. The van der Waals surface area contributed by atoms with Crippen molar-refractivity contribution in [2.45, 2.75) is 49.7 Å². The Hall–Kier alpha value is -1.43. The van der Waals surface area contributed by atoms with Gasteiger partial charge < -0.3 is 4.90 Å². The number of amides is 1. The lowest BCUT2D eigenvalue weighted by Gasteiger charge is -2.23. The second-order valence-electron chi connectivity index (χ2n) is 6.23. The fourth-order valence-corrected chi connectivity index (χ4v) is 4.14. The monoisotopic (exact) mass is 325 g/mol. The predicted molar refractivity (Wildman–Crippen MR) is 83.1 cm³/mol. The minimum Gasteiger partial charge on any atom is -0.311 e. The highest BCUT2D eigenvalue weighted by Crippen LogP contribution is 2.34. The second kappa shape index (κ2) is 5.99. The molecule has 1 aliphatic heterocycles.